The minimum absolute atomic E-state index is 0.176. The van der Waals surface area contributed by atoms with Gasteiger partial charge in [-0.15, -0.1) is 11.3 Å². The van der Waals surface area contributed by atoms with E-state index in [4.69, 9.17) is 0 Å². The van der Waals surface area contributed by atoms with E-state index in [0.29, 0.717) is 36.1 Å². The van der Waals surface area contributed by atoms with Crippen molar-refractivity contribution in [1.29, 1.82) is 0 Å². The molecule has 150 valence electrons. The maximum Gasteiger partial charge on any atom is 0.264 e. The van der Waals surface area contributed by atoms with Crippen LogP contribution in [-0.4, -0.2) is 60.8 Å². The second-order valence-electron chi connectivity index (χ2n) is 6.57. The Bertz CT molecular complexity index is 864. The third-order valence-corrected chi connectivity index (χ3v) is 5.63. The number of hydrogen-bond acceptors (Lipinski definition) is 4. The van der Waals surface area contributed by atoms with Crippen molar-refractivity contribution in [3.05, 3.63) is 52.2 Å². The van der Waals surface area contributed by atoms with Gasteiger partial charge in [-0.25, -0.2) is 13.2 Å². The largest absolute Gasteiger partial charge is 0.335 e. The molecule has 2 heterocycles. The van der Waals surface area contributed by atoms with Crippen LogP contribution < -0.4 is 5.32 Å². The molecule has 1 aliphatic rings. The predicted octanol–water partition coefficient (Wildman–Crippen LogP) is 3.47. The van der Waals surface area contributed by atoms with Gasteiger partial charge in [0.1, 0.15) is 5.82 Å². The second kappa shape index (κ2) is 8.74. The number of nitrogens with zero attached hydrogens (tertiary/aromatic N) is 2. The maximum atomic E-state index is 13.3. The van der Waals surface area contributed by atoms with Gasteiger partial charge in [0, 0.05) is 31.7 Å². The predicted molar refractivity (Wildman–Crippen MR) is 102 cm³/mol. The van der Waals surface area contributed by atoms with Crippen molar-refractivity contribution in [2.45, 2.75) is 13.3 Å². The Morgan fingerprint density at radius 1 is 1.18 bits per heavy atom. The van der Waals surface area contributed by atoms with Crippen molar-refractivity contribution in [3.8, 4) is 0 Å². The number of aryl methyl sites for hydroxylation is 1. The highest BCUT2D eigenvalue weighted by atomic mass is 32.1. The fourth-order valence-corrected chi connectivity index (χ4v) is 4.08. The molecule has 2 aromatic rings. The number of alkyl halides is 2. The number of anilines is 1. The first-order valence-electron chi connectivity index (χ1n) is 8.80. The number of carbonyl (C=O) groups excluding carboxylic acids is 2. The Morgan fingerprint density at radius 2 is 1.89 bits per heavy atom. The molecule has 0 atom stereocenters. The number of halogens is 3. The number of rotatable bonds is 5. The van der Waals surface area contributed by atoms with Gasteiger partial charge < -0.3 is 10.2 Å². The van der Waals surface area contributed by atoms with Gasteiger partial charge >= 0.3 is 0 Å². The van der Waals surface area contributed by atoms with Crippen LogP contribution in [-0.2, 0) is 0 Å². The third-order valence-electron chi connectivity index (χ3n) is 4.49. The summed E-state index contributed by atoms with van der Waals surface area (Å²) in [6.07, 6.45) is -2.38. The lowest BCUT2D eigenvalue weighted by molar-refractivity contribution is 0.0461. The standard InChI is InChI=1S/C19H20F3N3O2S/c1-12-9-16(23-18(26)13-3-2-4-14(20)10-13)28-17(12)19(27)25-7-5-24(6-8-25)11-15(21)22/h2-4,9-10,15H,5-8,11H2,1H3,(H,23,26). The molecule has 1 saturated heterocycles. The summed E-state index contributed by atoms with van der Waals surface area (Å²) in [4.78, 5) is 28.8. The van der Waals surface area contributed by atoms with Crippen LogP contribution in [0.15, 0.2) is 30.3 Å². The molecule has 1 aromatic heterocycles. The second-order valence-corrected chi connectivity index (χ2v) is 7.62. The highest BCUT2D eigenvalue weighted by molar-refractivity contribution is 7.18. The number of thiophene rings is 1. The van der Waals surface area contributed by atoms with Crippen molar-refractivity contribution >= 4 is 28.2 Å². The summed E-state index contributed by atoms with van der Waals surface area (Å²) in [6, 6.07) is 7.04. The summed E-state index contributed by atoms with van der Waals surface area (Å²) in [6.45, 7) is 3.07. The molecule has 1 fully saturated rings. The van der Waals surface area contributed by atoms with Crippen molar-refractivity contribution in [2.75, 3.05) is 38.0 Å². The fourth-order valence-electron chi connectivity index (χ4n) is 3.04. The van der Waals surface area contributed by atoms with Crippen LogP contribution in [0.4, 0.5) is 18.2 Å². The fraction of sp³-hybridized carbons (Fsp3) is 0.368. The zero-order valence-corrected chi connectivity index (χ0v) is 16.1. The number of carbonyl (C=O) groups is 2. The van der Waals surface area contributed by atoms with E-state index in [-0.39, 0.29) is 18.0 Å². The van der Waals surface area contributed by atoms with Crippen LogP contribution in [0, 0.1) is 12.7 Å². The molecule has 0 spiro atoms. The highest BCUT2D eigenvalue weighted by Gasteiger charge is 2.26. The van der Waals surface area contributed by atoms with Crippen LogP contribution in [0.25, 0.3) is 0 Å². The molecule has 1 N–H and O–H groups in total. The Hall–Kier alpha value is -2.39. The van der Waals surface area contributed by atoms with Gasteiger partial charge in [-0.3, -0.25) is 14.5 Å². The van der Waals surface area contributed by atoms with Crippen molar-refractivity contribution in [3.63, 3.8) is 0 Å². The SMILES string of the molecule is Cc1cc(NC(=O)c2cccc(F)c2)sc1C(=O)N1CCN(CC(F)F)CC1. The Labute approximate surface area is 164 Å². The van der Waals surface area contributed by atoms with E-state index in [1.54, 1.807) is 22.8 Å². The number of hydrogen-bond donors (Lipinski definition) is 1. The summed E-state index contributed by atoms with van der Waals surface area (Å²) >= 11 is 1.15. The molecule has 28 heavy (non-hydrogen) atoms. The first kappa shape index (κ1) is 20.3. The molecular formula is C19H20F3N3O2S. The number of nitrogens with one attached hydrogen (secondary N) is 1. The molecular weight excluding hydrogens is 391 g/mol. The first-order valence-corrected chi connectivity index (χ1v) is 9.62. The quantitative estimate of drug-likeness (QED) is 0.820. The minimum Gasteiger partial charge on any atom is -0.335 e. The average Bonchev–Trinajstić information content (AvgIpc) is 3.01. The van der Waals surface area contributed by atoms with Crippen molar-refractivity contribution in [1.82, 2.24) is 9.80 Å². The van der Waals surface area contributed by atoms with Gasteiger partial charge in [-0.1, -0.05) is 6.07 Å². The van der Waals surface area contributed by atoms with Crippen LogP contribution in [0.1, 0.15) is 25.6 Å². The van der Waals surface area contributed by atoms with Crippen LogP contribution in [0.5, 0.6) is 0 Å². The summed E-state index contributed by atoms with van der Waals surface area (Å²) in [5.74, 6) is -1.14. The first-order chi connectivity index (χ1) is 13.3. The van der Waals surface area contributed by atoms with Crippen molar-refractivity contribution in [2.24, 2.45) is 0 Å². The molecule has 0 radical (unpaired) electrons. The maximum absolute atomic E-state index is 13.3. The highest BCUT2D eigenvalue weighted by Crippen LogP contribution is 2.28. The zero-order valence-electron chi connectivity index (χ0n) is 15.3. The minimum atomic E-state index is -2.38. The monoisotopic (exact) mass is 411 g/mol. The molecule has 2 amide bonds. The molecule has 9 heteroatoms. The van der Waals surface area contributed by atoms with Gasteiger partial charge in [0.15, 0.2) is 0 Å². The van der Waals surface area contributed by atoms with Crippen LogP contribution >= 0.6 is 11.3 Å². The van der Waals surface area contributed by atoms with Gasteiger partial charge in [-0.05, 0) is 36.8 Å². The Morgan fingerprint density at radius 3 is 2.54 bits per heavy atom. The van der Waals surface area contributed by atoms with Gasteiger partial charge in [0.25, 0.3) is 18.2 Å². The van der Waals surface area contributed by atoms with Gasteiger partial charge in [0.05, 0.1) is 16.4 Å². The lowest BCUT2D eigenvalue weighted by Gasteiger charge is -2.34. The van der Waals surface area contributed by atoms with E-state index < -0.39 is 18.1 Å². The summed E-state index contributed by atoms with van der Waals surface area (Å²) < 4.78 is 38.2. The van der Waals surface area contributed by atoms with Gasteiger partial charge in [-0.2, -0.15) is 0 Å². The van der Waals surface area contributed by atoms with Crippen LogP contribution in [0.3, 0.4) is 0 Å². The topological polar surface area (TPSA) is 52.7 Å². The van der Waals surface area contributed by atoms with E-state index in [0.717, 1.165) is 23.0 Å². The molecule has 1 aromatic carbocycles. The van der Waals surface area contributed by atoms with E-state index >= 15 is 0 Å². The zero-order chi connectivity index (χ0) is 20.3. The Balaban J connectivity index is 1.64. The molecule has 0 unspecified atom stereocenters. The molecule has 5 nitrogen and oxygen atoms in total. The summed E-state index contributed by atoms with van der Waals surface area (Å²) in [7, 11) is 0. The van der Waals surface area contributed by atoms with E-state index in [1.807, 2.05) is 0 Å². The smallest absolute Gasteiger partial charge is 0.264 e. The number of amides is 2. The van der Waals surface area contributed by atoms with E-state index in [2.05, 4.69) is 5.32 Å². The lowest BCUT2D eigenvalue weighted by atomic mass is 10.2. The molecule has 3 rings (SSSR count). The van der Waals surface area contributed by atoms with E-state index in [9.17, 15) is 22.8 Å². The third kappa shape index (κ3) is 4.90. The summed E-state index contributed by atoms with van der Waals surface area (Å²) in [5.41, 5.74) is 0.911. The van der Waals surface area contributed by atoms with Gasteiger partial charge in [0.2, 0.25) is 0 Å². The molecule has 0 saturated carbocycles. The van der Waals surface area contributed by atoms with Crippen molar-refractivity contribution < 1.29 is 22.8 Å². The Kier molecular flexibility index (Phi) is 6.35. The lowest BCUT2D eigenvalue weighted by Crippen LogP contribution is -2.49. The average molecular weight is 411 g/mol. The molecule has 0 aliphatic carbocycles. The normalized spacial score (nSPS) is 15.1. The van der Waals surface area contributed by atoms with Crippen LogP contribution in [0.2, 0.25) is 0 Å². The summed E-state index contributed by atoms with van der Waals surface area (Å²) in [5, 5.41) is 3.18. The number of benzene rings is 1. The molecule has 1 aliphatic heterocycles. The number of piperazine rings is 1. The van der Waals surface area contributed by atoms with E-state index in [1.165, 1.54) is 18.2 Å². The molecule has 0 bridgehead atoms.